The zero-order valence-electron chi connectivity index (χ0n) is 16.2. The Bertz CT molecular complexity index is 927. The molecule has 2 aromatic heterocycles. The Kier molecular flexibility index (Phi) is 5.53. The molecule has 0 aliphatic carbocycles. The number of imidazole rings is 1. The van der Waals surface area contributed by atoms with Crippen LogP contribution in [0.25, 0.3) is 11.2 Å². The number of hydrogen-bond donors (Lipinski definition) is 1. The van der Waals surface area contributed by atoms with Gasteiger partial charge in [-0.25, -0.2) is 15.0 Å². The van der Waals surface area contributed by atoms with Crippen molar-refractivity contribution in [2.75, 3.05) is 43.4 Å². The number of rotatable bonds is 7. The number of hydrogen-bond acceptors (Lipinski definition) is 6. The monoisotopic (exact) mass is 377 g/mol. The number of para-hydroxylation sites is 1. The molecule has 7 nitrogen and oxygen atoms in total. The molecule has 1 aliphatic heterocycles. The van der Waals surface area contributed by atoms with Gasteiger partial charge >= 0.3 is 0 Å². The summed E-state index contributed by atoms with van der Waals surface area (Å²) in [4.78, 5) is 18.3. The third-order valence-corrected chi connectivity index (χ3v) is 5.23. The summed E-state index contributed by atoms with van der Waals surface area (Å²) in [5, 5.41) is 0. The molecular formula is C21H27N7. The van der Waals surface area contributed by atoms with Crippen LogP contribution in [0.2, 0.25) is 0 Å². The third-order valence-electron chi connectivity index (χ3n) is 5.23. The van der Waals surface area contributed by atoms with E-state index in [1.807, 2.05) is 6.33 Å². The Balaban J connectivity index is 1.32. The molecule has 0 atom stereocenters. The van der Waals surface area contributed by atoms with E-state index in [1.165, 1.54) is 5.69 Å². The van der Waals surface area contributed by atoms with Crippen LogP contribution in [0, 0.1) is 0 Å². The van der Waals surface area contributed by atoms with Crippen molar-refractivity contribution in [3.8, 4) is 0 Å². The lowest BCUT2D eigenvalue weighted by atomic mass is 10.2. The standard InChI is InChI=1S/C21H27N7/c1-2-7-18-24-20(22)19-21(25-18)28(16-23-19)11-6-10-26-12-14-27(15-13-26)17-8-4-3-5-9-17/h2-5,8-9,16H,1,6-7,10-15H2,(H2,22,24,25). The van der Waals surface area contributed by atoms with E-state index in [-0.39, 0.29) is 0 Å². The molecular weight excluding hydrogens is 350 g/mol. The fraction of sp³-hybridized carbons (Fsp3) is 0.381. The van der Waals surface area contributed by atoms with Gasteiger partial charge in [-0.05, 0) is 25.1 Å². The van der Waals surface area contributed by atoms with Crippen molar-refractivity contribution < 1.29 is 0 Å². The summed E-state index contributed by atoms with van der Waals surface area (Å²) in [5.41, 5.74) is 8.85. The lowest BCUT2D eigenvalue weighted by molar-refractivity contribution is 0.251. The van der Waals surface area contributed by atoms with Crippen molar-refractivity contribution in [1.29, 1.82) is 0 Å². The van der Waals surface area contributed by atoms with Gasteiger partial charge < -0.3 is 15.2 Å². The molecule has 1 aliphatic rings. The van der Waals surface area contributed by atoms with Crippen LogP contribution in [-0.2, 0) is 13.0 Å². The van der Waals surface area contributed by atoms with Gasteiger partial charge in [0, 0.05) is 44.8 Å². The molecule has 1 fully saturated rings. The first-order valence-electron chi connectivity index (χ1n) is 9.85. The van der Waals surface area contributed by atoms with Gasteiger partial charge in [-0.1, -0.05) is 24.3 Å². The van der Waals surface area contributed by atoms with Gasteiger partial charge in [0.25, 0.3) is 0 Å². The summed E-state index contributed by atoms with van der Waals surface area (Å²) in [6, 6.07) is 10.7. The minimum atomic E-state index is 0.442. The van der Waals surface area contributed by atoms with Crippen molar-refractivity contribution in [1.82, 2.24) is 24.4 Å². The van der Waals surface area contributed by atoms with Crippen LogP contribution in [-0.4, -0.2) is 57.1 Å². The quantitative estimate of drug-likeness (QED) is 0.637. The molecule has 1 aromatic carbocycles. The average molecular weight is 377 g/mol. The second kappa shape index (κ2) is 8.39. The van der Waals surface area contributed by atoms with Crippen molar-refractivity contribution in [3.05, 3.63) is 55.1 Å². The van der Waals surface area contributed by atoms with Gasteiger partial charge in [0.2, 0.25) is 0 Å². The summed E-state index contributed by atoms with van der Waals surface area (Å²) >= 11 is 0. The molecule has 4 rings (SSSR count). The maximum Gasteiger partial charge on any atom is 0.165 e. The third kappa shape index (κ3) is 3.99. The highest BCUT2D eigenvalue weighted by Gasteiger charge is 2.17. The largest absolute Gasteiger partial charge is 0.382 e. The Labute approximate surface area is 165 Å². The summed E-state index contributed by atoms with van der Waals surface area (Å²) in [5.74, 6) is 1.14. The second-order valence-corrected chi connectivity index (χ2v) is 7.15. The van der Waals surface area contributed by atoms with E-state index in [2.05, 4.69) is 66.2 Å². The summed E-state index contributed by atoms with van der Waals surface area (Å²) in [7, 11) is 0. The number of aromatic nitrogens is 4. The van der Waals surface area contributed by atoms with E-state index in [4.69, 9.17) is 5.73 Å². The fourth-order valence-corrected chi connectivity index (χ4v) is 3.73. The van der Waals surface area contributed by atoms with E-state index in [1.54, 1.807) is 6.08 Å². The Morgan fingerprint density at radius 3 is 2.57 bits per heavy atom. The molecule has 0 saturated carbocycles. The van der Waals surface area contributed by atoms with E-state index in [9.17, 15) is 0 Å². The smallest absolute Gasteiger partial charge is 0.165 e. The van der Waals surface area contributed by atoms with Crippen LogP contribution in [0.1, 0.15) is 12.2 Å². The van der Waals surface area contributed by atoms with Crippen LogP contribution >= 0.6 is 0 Å². The zero-order chi connectivity index (χ0) is 19.3. The van der Waals surface area contributed by atoms with Gasteiger partial charge in [0.15, 0.2) is 11.5 Å². The maximum atomic E-state index is 6.03. The van der Waals surface area contributed by atoms with Crippen LogP contribution in [0.4, 0.5) is 11.5 Å². The van der Waals surface area contributed by atoms with Gasteiger partial charge in [-0.2, -0.15) is 0 Å². The molecule has 3 heterocycles. The summed E-state index contributed by atoms with van der Waals surface area (Å²) in [6.45, 7) is 10.0. The van der Waals surface area contributed by atoms with E-state index < -0.39 is 0 Å². The molecule has 1 saturated heterocycles. The van der Waals surface area contributed by atoms with Crippen LogP contribution in [0.5, 0.6) is 0 Å². The zero-order valence-corrected chi connectivity index (χ0v) is 16.2. The van der Waals surface area contributed by atoms with Gasteiger partial charge in [0.1, 0.15) is 11.3 Å². The molecule has 0 radical (unpaired) electrons. The van der Waals surface area contributed by atoms with Gasteiger partial charge in [-0.15, -0.1) is 6.58 Å². The lowest BCUT2D eigenvalue weighted by Gasteiger charge is -2.36. The summed E-state index contributed by atoms with van der Waals surface area (Å²) in [6.07, 6.45) is 5.27. The molecule has 2 N–H and O–H groups in total. The minimum Gasteiger partial charge on any atom is -0.382 e. The number of nitrogens with two attached hydrogens (primary N) is 1. The molecule has 0 spiro atoms. The first-order chi connectivity index (χ1) is 13.7. The highest BCUT2D eigenvalue weighted by Crippen LogP contribution is 2.18. The average Bonchev–Trinajstić information content (AvgIpc) is 3.13. The maximum absolute atomic E-state index is 6.03. The second-order valence-electron chi connectivity index (χ2n) is 7.15. The predicted octanol–water partition coefficient (Wildman–Crippen LogP) is 2.35. The van der Waals surface area contributed by atoms with Crippen LogP contribution in [0.3, 0.4) is 0 Å². The lowest BCUT2D eigenvalue weighted by Crippen LogP contribution is -2.46. The highest BCUT2D eigenvalue weighted by molar-refractivity contribution is 5.81. The molecule has 3 aromatic rings. The number of anilines is 2. The predicted molar refractivity (Wildman–Crippen MR) is 113 cm³/mol. The molecule has 0 amide bonds. The first-order valence-corrected chi connectivity index (χ1v) is 9.85. The summed E-state index contributed by atoms with van der Waals surface area (Å²) < 4.78 is 2.08. The Hall–Kier alpha value is -2.93. The number of piperazine rings is 1. The number of nitrogens with zero attached hydrogens (tertiary/aromatic N) is 6. The number of benzene rings is 1. The fourth-order valence-electron chi connectivity index (χ4n) is 3.73. The van der Waals surface area contributed by atoms with Crippen LogP contribution in [0.15, 0.2) is 49.3 Å². The first kappa shape index (κ1) is 18.4. The molecule has 28 heavy (non-hydrogen) atoms. The molecule has 146 valence electrons. The van der Waals surface area contributed by atoms with Crippen LogP contribution < -0.4 is 10.6 Å². The van der Waals surface area contributed by atoms with Gasteiger partial charge in [-0.3, -0.25) is 4.90 Å². The molecule has 0 bridgehead atoms. The minimum absolute atomic E-state index is 0.442. The Morgan fingerprint density at radius 1 is 1.04 bits per heavy atom. The van der Waals surface area contributed by atoms with E-state index >= 15 is 0 Å². The SMILES string of the molecule is C=CCc1nc(N)c2ncn(CCCN3CCN(c4ccccc4)CC3)c2n1. The van der Waals surface area contributed by atoms with Crippen molar-refractivity contribution >= 4 is 22.7 Å². The number of allylic oxidation sites excluding steroid dienone is 1. The molecule has 7 heteroatoms. The van der Waals surface area contributed by atoms with Crippen molar-refractivity contribution in [3.63, 3.8) is 0 Å². The number of fused-ring (bicyclic) bond motifs is 1. The molecule has 0 unspecified atom stereocenters. The normalized spacial score (nSPS) is 15.2. The van der Waals surface area contributed by atoms with E-state index in [0.29, 0.717) is 23.6 Å². The van der Waals surface area contributed by atoms with Crippen molar-refractivity contribution in [2.24, 2.45) is 0 Å². The van der Waals surface area contributed by atoms with Crippen molar-refractivity contribution in [2.45, 2.75) is 19.4 Å². The number of aryl methyl sites for hydroxylation is 1. The highest BCUT2D eigenvalue weighted by atomic mass is 15.3. The van der Waals surface area contributed by atoms with Gasteiger partial charge in [0.05, 0.1) is 6.33 Å². The topological polar surface area (TPSA) is 76.1 Å². The number of nitrogen functional groups attached to an aromatic ring is 1. The Morgan fingerprint density at radius 2 is 1.82 bits per heavy atom. The van der Waals surface area contributed by atoms with E-state index in [0.717, 1.165) is 51.3 Å².